The fourth-order valence-corrected chi connectivity index (χ4v) is 3.57. The van der Waals surface area contributed by atoms with E-state index in [4.69, 9.17) is 11.6 Å². The number of halogens is 1. The number of pyridine rings is 1. The van der Waals surface area contributed by atoms with Crippen LogP contribution in [-0.4, -0.2) is 27.7 Å². The highest BCUT2D eigenvalue weighted by Crippen LogP contribution is 2.38. The molecule has 2 N–H and O–H groups in total. The van der Waals surface area contributed by atoms with Crippen LogP contribution in [0.3, 0.4) is 0 Å². The van der Waals surface area contributed by atoms with Gasteiger partial charge in [-0.2, -0.15) is 0 Å². The molecule has 2 aromatic heterocycles. The monoisotopic (exact) mass is 327 g/mol. The molecule has 5 heteroatoms. The first kappa shape index (κ1) is 14.5. The lowest BCUT2D eigenvalue weighted by atomic mass is 9.90. The lowest BCUT2D eigenvalue weighted by Gasteiger charge is -2.22. The molecule has 0 aliphatic carbocycles. The fraction of sp³-hybridized carbons (Fsp3) is 0.278. The van der Waals surface area contributed by atoms with Crippen molar-refractivity contribution >= 4 is 22.5 Å². The van der Waals surface area contributed by atoms with Crippen molar-refractivity contribution in [1.82, 2.24) is 14.9 Å². The molecule has 0 atom stereocenters. The smallest absolute Gasteiger partial charge is 0.143 e. The van der Waals surface area contributed by atoms with E-state index in [1.54, 1.807) is 0 Å². The Labute approximate surface area is 139 Å². The average Bonchev–Trinajstić information content (AvgIpc) is 2.97. The van der Waals surface area contributed by atoms with E-state index in [9.17, 15) is 5.11 Å². The summed E-state index contributed by atoms with van der Waals surface area (Å²) in [5, 5.41) is 15.4. The molecule has 1 aromatic carbocycles. The zero-order chi connectivity index (χ0) is 15.8. The maximum absolute atomic E-state index is 10.4. The van der Waals surface area contributed by atoms with E-state index in [1.807, 2.05) is 30.5 Å². The number of hydrogen-bond acceptors (Lipinski definition) is 3. The predicted molar refractivity (Wildman–Crippen MR) is 92.6 cm³/mol. The van der Waals surface area contributed by atoms with Crippen LogP contribution in [0.4, 0.5) is 0 Å². The highest BCUT2D eigenvalue weighted by Gasteiger charge is 2.22. The van der Waals surface area contributed by atoms with Crippen LogP contribution in [0.1, 0.15) is 24.3 Å². The van der Waals surface area contributed by atoms with Gasteiger partial charge in [0.05, 0.1) is 17.9 Å². The van der Waals surface area contributed by atoms with Gasteiger partial charge in [-0.1, -0.05) is 11.6 Å². The third-order valence-corrected chi connectivity index (χ3v) is 4.86. The van der Waals surface area contributed by atoms with Gasteiger partial charge in [0.2, 0.25) is 0 Å². The van der Waals surface area contributed by atoms with Gasteiger partial charge in [0.15, 0.2) is 0 Å². The van der Waals surface area contributed by atoms with Crippen LogP contribution in [-0.2, 0) is 0 Å². The Morgan fingerprint density at radius 1 is 1.13 bits per heavy atom. The van der Waals surface area contributed by atoms with Gasteiger partial charge in [-0.25, -0.2) is 0 Å². The van der Waals surface area contributed by atoms with Crippen molar-refractivity contribution in [2.24, 2.45) is 0 Å². The third kappa shape index (κ3) is 2.58. The molecule has 0 unspecified atom stereocenters. The number of nitrogens with one attached hydrogen (secondary N) is 1. The number of fused-ring (bicyclic) bond motifs is 1. The molecular weight excluding hydrogens is 310 g/mol. The molecule has 23 heavy (non-hydrogen) atoms. The molecule has 1 fully saturated rings. The van der Waals surface area contributed by atoms with Gasteiger partial charge < -0.3 is 15.0 Å². The molecule has 3 heterocycles. The first-order valence-corrected chi connectivity index (χ1v) is 8.26. The Balaban J connectivity index is 1.91. The Bertz CT molecular complexity index is 835. The Morgan fingerprint density at radius 2 is 1.87 bits per heavy atom. The van der Waals surface area contributed by atoms with Crippen molar-refractivity contribution in [2.75, 3.05) is 13.1 Å². The minimum absolute atomic E-state index is 0.253. The molecule has 1 saturated heterocycles. The van der Waals surface area contributed by atoms with E-state index in [0.717, 1.165) is 42.5 Å². The number of aromatic hydroxyl groups is 1. The summed E-state index contributed by atoms with van der Waals surface area (Å²) < 4.78 is 2.09. The number of benzene rings is 1. The summed E-state index contributed by atoms with van der Waals surface area (Å²) >= 11 is 6.00. The molecule has 0 radical (unpaired) electrons. The standard InChI is InChI=1S/C18H18ClN3O/c19-13-1-3-14(4-2-13)22-11-15(12-5-7-20-8-6-12)18-16(22)9-21-10-17(18)23/h1-4,9-12,20,23H,5-8H2. The molecule has 0 amide bonds. The molecule has 4 rings (SSSR count). The molecule has 1 aliphatic rings. The van der Waals surface area contributed by atoms with Crippen LogP contribution >= 0.6 is 11.6 Å². The van der Waals surface area contributed by atoms with E-state index in [1.165, 1.54) is 11.8 Å². The topological polar surface area (TPSA) is 50.1 Å². The second-order valence-electron chi connectivity index (χ2n) is 6.01. The van der Waals surface area contributed by atoms with Crippen molar-refractivity contribution in [3.63, 3.8) is 0 Å². The van der Waals surface area contributed by atoms with E-state index >= 15 is 0 Å². The third-order valence-electron chi connectivity index (χ3n) is 4.61. The van der Waals surface area contributed by atoms with E-state index < -0.39 is 0 Å². The number of aromatic nitrogens is 2. The minimum atomic E-state index is 0.253. The van der Waals surface area contributed by atoms with Crippen molar-refractivity contribution in [1.29, 1.82) is 0 Å². The largest absolute Gasteiger partial charge is 0.506 e. The lowest BCUT2D eigenvalue weighted by Crippen LogP contribution is -2.26. The van der Waals surface area contributed by atoms with Crippen LogP contribution in [0, 0.1) is 0 Å². The van der Waals surface area contributed by atoms with Crippen LogP contribution in [0.2, 0.25) is 5.02 Å². The van der Waals surface area contributed by atoms with E-state index in [-0.39, 0.29) is 5.75 Å². The van der Waals surface area contributed by atoms with Crippen LogP contribution in [0.5, 0.6) is 5.75 Å². The van der Waals surface area contributed by atoms with Gasteiger partial charge in [0.25, 0.3) is 0 Å². The van der Waals surface area contributed by atoms with Crippen molar-refractivity contribution in [2.45, 2.75) is 18.8 Å². The molecule has 0 spiro atoms. The highest BCUT2D eigenvalue weighted by atomic mass is 35.5. The second kappa shape index (κ2) is 5.87. The van der Waals surface area contributed by atoms with Crippen molar-refractivity contribution in [3.8, 4) is 11.4 Å². The summed E-state index contributed by atoms with van der Waals surface area (Å²) in [6, 6.07) is 7.72. The summed E-state index contributed by atoms with van der Waals surface area (Å²) in [7, 11) is 0. The summed E-state index contributed by atoms with van der Waals surface area (Å²) in [5.74, 6) is 0.712. The maximum Gasteiger partial charge on any atom is 0.143 e. The van der Waals surface area contributed by atoms with Crippen molar-refractivity contribution < 1.29 is 5.11 Å². The lowest BCUT2D eigenvalue weighted by molar-refractivity contribution is 0.457. The predicted octanol–water partition coefficient (Wildman–Crippen LogP) is 3.85. The molecule has 3 aromatic rings. The summed E-state index contributed by atoms with van der Waals surface area (Å²) in [6.45, 7) is 2.04. The highest BCUT2D eigenvalue weighted by molar-refractivity contribution is 6.30. The average molecular weight is 328 g/mol. The van der Waals surface area contributed by atoms with Crippen LogP contribution in [0.25, 0.3) is 16.6 Å². The number of nitrogens with zero attached hydrogens (tertiary/aromatic N) is 2. The van der Waals surface area contributed by atoms with Gasteiger partial charge in [-0.05, 0) is 61.7 Å². The van der Waals surface area contributed by atoms with Gasteiger partial charge in [0, 0.05) is 22.3 Å². The SMILES string of the molecule is Oc1cncc2c1c(C1CCNCC1)cn2-c1ccc(Cl)cc1. The molecule has 118 valence electrons. The van der Waals surface area contributed by atoms with Gasteiger partial charge >= 0.3 is 0 Å². The molecule has 1 aliphatic heterocycles. The molecule has 0 bridgehead atoms. The van der Waals surface area contributed by atoms with Gasteiger partial charge in [-0.15, -0.1) is 0 Å². The molecular formula is C18H18ClN3O. The number of hydrogen-bond donors (Lipinski definition) is 2. The molecule has 4 nitrogen and oxygen atoms in total. The number of piperidine rings is 1. The Kier molecular flexibility index (Phi) is 3.71. The van der Waals surface area contributed by atoms with Gasteiger partial charge in [-0.3, -0.25) is 4.98 Å². The molecule has 0 saturated carbocycles. The van der Waals surface area contributed by atoms with Crippen molar-refractivity contribution in [3.05, 3.63) is 53.4 Å². The summed E-state index contributed by atoms with van der Waals surface area (Å²) in [6.07, 6.45) is 7.65. The van der Waals surface area contributed by atoms with Gasteiger partial charge in [0.1, 0.15) is 5.75 Å². The normalized spacial score (nSPS) is 16.0. The summed E-state index contributed by atoms with van der Waals surface area (Å²) in [5.41, 5.74) is 3.16. The minimum Gasteiger partial charge on any atom is -0.506 e. The Morgan fingerprint density at radius 3 is 2.61 bits per heavy atom. The second-order valence-corrected chi connectivity index (χ2v) is 6.44. The quantitative estimate of drug-likeness (QED) is 0.751. The zero-order valence-corrected chi connectivity index (χ0v) is 13.4. The van der Waals surface area contributed by atoms with E-state index in [2.05, 4.69) is 21.1 Å². The Hall–Kier alpha value is -2.04. The summed E-state index contributed by atoms with van der Waals surface area (Å²) in [4.78, 5) is 4.17. The first-order valence-electron chi connectivity index (χ1n) is 7.88. The zero-order valence-electron chi connectivity index (χ0n) is 12.7. The van der Waals surface area contributed by atoms with E-state index in [0.29, 0.717) is 10.9 Å². The van der Waals surface area contributed by atoms with Crippen LogP contribution < -0.4 is 5.32 Å². The van der Waals surface area contributed by atoms with Crippen LogP contribution in [0.15, 0.2) is 42.9 Å². The maximum atomic E-state index is 10.4. The number of rotatable bonds is 2. The first-order chi connectivity index (χ1) is 11.2. The fourth-order valence-electron chi connectivity index (χ4n) is 3.45.